The molecule has 0 unspecified atom stereocenters. The van der Waals surface area contributed by atoms with E-state index in [2.05, 4.69) is 4.98 Å². The van der Waals surface area contributed by atoms with Crippen molar-refractivity contribution in [3.8, 4) is 5.75 Å². The highest BCUT2D eigenvalue weighted by molar-refractivity contribution is 6.01. The van der Waals surface area contributed by atoms with Gasteiger partial charge in [0, 0.05) is 37.2 Å². The van der Waals surface area contributed by atoms with E-state index in [0.717, 1.165) is 5.69 Å². The second-order valence-corrected chi connectivity index (χ2v) is 6.87. The number of nitrogens with zero attached hydrogens (tertiary/aromatic N) is 4. The van der Waals surface area contributed by atoms with E-state index in [-0.39, 0.29) is 18.4 Å². The molecule has 33 heavy (non-hydrogen) atoms. The lowest BCUT2D eigenvalue weighted by atomic mass is 10.2. The average molecular weight is 464 g/mol. The fourth-order valence-electron chi connectivity index (χ4n) is 3.10. The molecule has 0 spiro atoms. The van der Waals surface area contributed by atoms with E-state index in [9.17, 15) is 22.8 Å². The molecule has 3 heterocycles. The monoisotopic (exact) mass is 464 g/mol. The third-order valence-electron chi connectivity index (χ3n) is 4.70. The summed E-state index contributed by atoms with van der Waals surface area (Å²) in [6.07, 6.45) is -1.55. The number of aliphatic carboxylic acids is 1. The van der Waals surface area contributed by atoms with Gasteiger partial charge in [0.1, 0.15) is 23.6 Å². The van der Waals surface area contributed by atoms with Gasteiger partial charge < -0.3 is 24.0 Å². The first-order valence-corrected chi connectivity index (χ1v) is 9.57. The Morgan fingerprint density at radius 3 is 2.45 bits per heavy atom. The van der Waals surface area contributed by atoms with Gasteiger partial charge in [-0.2, -0.15) is 13.2 Å². The number of carboxylic acid groups (broad SMARTS) is 1. The van der Waals surface area contributed by atoms with Crippen LogP contribution in [0.25, 0.3) is 5.65 Å². The molecule has 0 bridgehead atoms. The second-order valence-electron chi connectivity index (χ2n) is 6.87. The minimum atomic E-state index is -5.08. The molecular formula is C21H19F3N4O5. The van der Waals surface area contributed by atoms with Gasteiger partial charge in [0.2, 0.25) is 5.91 Å². The molecule has 2 amide bonds. The van der Waals surface area contributed by atoms with E-state index in [4.69, 9.17) is 14.6 Å². The lowest BCUT2D eigenvalue weighted by Gasteiger charge is -2.34. The highest BCUT2D eigenvalue weighted by atomic mass is 19.4. The number of imidazole rings is 1. The number of alkyl halides is 3. The van der Waals surface area contributed by atoms with Crippen LogP contribution in [0.3, 0.4) is 0 Å². The van der Waals surface area contributed by atoms with Crippen LogP contribution in [0.15, 0.2) is 54.9 Å². The minimum Gasteiger partial charge on any atom is -0.497 e. The summed E-state index contributed by atoms with van der Waals surface area (Å²) in [5.41, 5.74) is 1.82. The number of pyridine rings is 1. The molecule has 1 aromatic carbocycles. The molecule has 2 aromatic heterocycles. The number of aromatic nitrogens is 2. The Labute approximate surface area is 185 Å². The first kappa shape index (κ1) is 23.6. The summed E-state index contributed by atoms with van der Waals surface area (Å²) < 4.78 is 38.7. The zero-order valence-corrected chi connectivity index (χ0v) is 17.3. The number of rotatable bonds is 3. The number of hydrogen-bond acceptors (Lipinski definition) is 5. The van der Waals surface area contributed by atoms with Gasteiger partial charge in [-0.1, -0.05) is 12.1 Å². The highest BCUT2D eigenvalue weighted by Gasteiger charge is 2.38. The van der Waals surface area contributed by atoms with Gasteiger partial charge in [-0.3, -0.25) is 9.59 Å². The largest absolute Gasteiger partial charge is 0.497 e. The first-order valence-electron chi connectivity index (χ1n) is 9.57. The van der Waals surface area contributed by atoms with E-state index >= 15 is 0 Å². The predicted molar refractivity (Wildman–Crippen MR) is 110 cm³/mol. The molecule has 0 atom stereocenters. The van der Waals surface area contributed by atoms with Crippen LogP contribution in [0.5, 0.6) is 5.75 Å². The van der Waals surface area contributed by atoms with Crippen LogP contribution in [0.2, 0.25) is 0 Å². The summed E-state index contributed by atoms with van der Waals surface area (Å²) in [4.78, 5) is 41.8. The third kappa shape index (κ3) is 5.59. The van der Waals surface area contributed by atoms with E-state index in [1.54, 1.807) is 27.5 Å². The Balaban J connectivity index is 0.000000383. The molecule has 3 aromatic rings. The fraction of sp³-hybridized carbons (Fsp3) is 0.238. The molecule has 9 nitrogen and oxygen atoms in total. The van der Waals surface area contributed by atoms with Crippen LogP contribution in [0.1, 0.15) is 10.5 Å². The van der Waals surface area contributed by atoms with Crippen LogP contribution in [-0.4, -0.2) is 70.1 Å². The number of benzene rings is 1. The molecule has 1 aliphatic rings. The molecule has 0 radical (unpaired) electrons. The van der Waals surface area contributed by atoms with Crippen molar-refractivity contribution in [1.29, 1.82) is 0 Å². The first-order chi connectivity index (χ1) is 15.6. The summed E-state index contributed by atoms with van der Waals surface area (Å²) in [7, 11) is 1.59. The quantitative estimate of drug-likeness (QED) is 0.639. The van der Waals surface area contributed by atoms with Crippen LogP contribution >= 0.6 is 0 Å². The van der Waals surface area contributed by atoms with Gasteiger partial charge >= 0.3 is 12.1 Å². The fourth-order valence-corrected chi connectivity index (χ4v) is 3.10. The van der Waals surface area contributed by atoms with Crippen molar-refractivity contribution in [1.82, 2.24) is 14.3 Å². The van der Waals surface area contributed by atoms with E-state index in [0.29, 0.717) is 30.2 Å². The summed E-state index contributed by atoms with van der Waals surface area (Å²) >= 11 is 0. The van der Waals surface area contributed by atoms with Gasteiger partial charge in [0.05, 0.1) is 7.11 Å². The van der Waals surface area contributed by atoms with Crippen molar-refractivity contribution >= 4 is 29.1 Å². The van der Waals surface area contributed by atoms with Gasteiger partial charge in [0.15, 0.2) is 0 Å². The molecule has 1 saturated heterocycles. The van der Waals surface area contributed by atoms with Crippen molar-refractivity contribution in [3.63, 3.8) is 0 Å². The molecular weight excluding hydrogens is 445 g/mol. The van der Waals surface area contributed by atoms with Crippen LogP contribution < -0.4 is 9.64 Å². The molecule has 1 N–H and O–H groups in total. The maximum Gasteiger partial charge on any atom is 0.490 e. The number of halogens is 3. The topological polar surface area (TPSA) is 104 Å². The Morgan fingerprint density at radius 2 is 1.85 bits per heavy atom. The summed E-state index contributed by atoms with van der Waals surface area (Å²) in [5, 5.41) is 7.12. The normalized spacial score (nSPS) is 14.0. The Bertz CT molecular complexity index is 1140. The molecule has 174 valence electrons. The molecule has 4 rings (SSSR count). The number of hydrogen-bond donors (Lipinski definition) is 1. The molecule has 12 heteroatoms. The average Bonchev–Trinajstić information content (AvgIpc) is 3.22. The van der Waals surface area contributed by atoms with Crippen molar-refractivity contribution < 1.29 is 37.4 Å². The van der Waals surface area contributed by atoms with Crippen molar-refractivity contribution in [3.05, 3.63) is 60.6 Å². The van der Waals surface area contributed by atoms with E-state index < -0.39 is 12.1 Å². The highest BCUT2D eigenvalue weighted by Crippen LogP contribution is 2.23. The lowest BCUT2D eigenvalue weighted by Crippen LogP contribution is -2.52. The summed E-state index contributed by atoms with van der Waals surface area (Å²) in [5.74, 6) is -2.42. The molecule has 1 fully saturated rings. The van der Waals surface area contributed by atoms with Crippen molar-refractivity contribution in [2.24, 2.45) is 0 Å². The van der Waals surface area contributed by atoms with Crippen LogP contribution in [0, 0.1) is 0 Å². The predicted octanol–water partition coefficient (Wildman–Crippen LogP) is 2.47. The maximum absolute atomic E-state index is 12.7. The number of piperazine rings is 1. The number of fused-ring (bicyclic) bond motifs is 1. The number of carboxylic acids is 1. The molecule has 0 saturated carbocycles. The van der Waals surface area contributed by atoms with Gasteiger partial charge in [-0.25, -0.2) is 9.78 Å². The summed E-state index contributed by atoms with van der Waals surface area (Å²) in [6.45, 7) is 0.921. The zero-order chi connectivity index (χ0) is 24.2. The van der Waals surface area contributed by atoms with Gasteiger partial charge in [0.25, 0.3) is 5.91 Å². The second kappa shape index (κ2) is 9.59. The number of amides is 2. The Morgan fingerprint density at radius 1 is 1.12 bits per heavy atom. The molecule has 0 aliphatic carbocycles. The van der Waals surface area contributed by atoms with Crippen molar-refractivity contribution in [2.75, 3.05) is 31.6 Å². The standard InChI is InChI=1S/C19H18N4O3.C2HF3O2/c1-26-15-6-4-5-14(11-15)23-10-9-22(13-18(23)24)19(25)16-12-21-8-3-2-7-17(21)20-16;3-2(4,5)1(6)7/h2-8,11-12H,9-10,13H2,1H3;(H,6,7). The van der Waals surface area contributed by atoms with Crippen molar-refractivity contribution in [2.45, 2.75) is 6.18 Å². The van der Waals surface area contributed by atoms with Gasteiger partial charge in [-0.15, -0.1) is 0 Å². The number of carbonyl (C=O) groups excluding carboxylic acids is 2. The van der Waals surface area contributed by atoms with Crippen LogP contribution in [-0.2, 0) is 9.59 Å². The minimum absolute atomic E-state index is 0.0317. The third-order valence-corrected chi connectivity index (χ3v) is 4.70. The Kier molecular flexibility index (Phi) is 6.85. The number of carbonyl (C=O) groups is 3. The smallest absolute Gasteiger partial charge is 0.490 e. The van der Waals surface area contributed by atoms with Gasteiger partial charge in [-0.05, 0) is 24.3 Å². The Hall–Kier alpha value is -4.09. The summed E-state index contributed by atoms with van der Waals surface area (Å²) in [6, 6.07) is 12.9. The maximum atomic E-state index is 12.7. The van der Waals surface area contributed by atoms with Crippen LogP contribution in [0.4, 0.5) is 18.9 Å². The SMILES string of the molecule is COc1cccc(N2CCN(C(=O)c3cn4ccccc4n3)CC2=O)c1.O=C(O)C(F)(F)F. The number of anilines is 1. The number of methoxy groups -OCH3 is 1. The number of ether oxygens (including phenoxy) is 1. The van der Waals surface area contributed by atoms with E-state index in [1.165, 1.54) is 0 Å². The molecule has 1 aliphatic heterocycles. The zero-order valence-electron chi connectivity index (χ0n) is 17.3. The van der Waals surface area contributed by atoms with E-state index in [1.807, 2.05) is 48.7 Å². The lowest BCUT2D eigenvalue weighted by molar-refractivity contribution is -0.192.